The molecule has 1 amide bonds. The van der Waals surface area contributed by atoms with Crippen LogP contribution < -0.4 is 5.32 Å². The molecule has 0 bridgehead atoms. The highest BCUT2D eigenvalue weighted by molar-refractivity contribution is 9.10. The van der Waals surface area contributed by atoms with Crippen molar-refractivity contribution in [1.82, 2.24) is 0 Å². The van der Waals surface area contributed by atoms with Gasteiger partial charge in [-0.2, -0.15) is 0 Å². The minimum atomic E-state index is -0.520. The maximum Gasteiger partial charge on any atom is 0.255 e. The van der Waals surface area contributed by atoms with Gasteiger partial charge in [0, 0.05) is 16.5 Å². The summed E-state index contributed by atoms with van der Waals surface area (Å²) >= 11 is 8.59. The Labute approximate surface area is 160 Å². The van der Waals surface area contributed by atoms with Crippen molar-refractivity contribution in [1.29, 1.82) is 0 Å². The van der Waals surface area contributed by atoms with Gasteiger partial charge in [0.2, 0.25) is 0 Å². The molecule has 0 aromatic heterocycles. The molecule has 0 radical (unpaired) electrons. The van der Waals surface area contributed by atoms with Crippen molar-refractivity contribution in [2.75, 3.05) is 5.32 Å². The van der Waals surface area contributed by atoms with E-state index in [1.807, 2.05) is 19.9 Å². The van der Waals surface area contributed by atoms with Gasteiger partial charge in [-0.3, -0.25) is 4.79 Å². The lowest BCUT2D eigenvalue weighted by atomic mass is 10.1. The van der Waals surface area contributed by atoms with E-state index in [1.165, 1.54) is 6.07 Å². The van der Waals surface area contributed by atoms with E-state index in [9.17, 15) is 9.18 Å². The van der Waals surface area contributed by atoms with Crippen LogP contribution in [0.25, 0.3) is 0 Å². The molecule has 0 spiro atoms. The smallest absolute Gasteiger partial charge is 0.255 e. The number of amides is 1. The van der Waals surface area contributed by atoms with Gasteiger partial charge >= 0.3 is 0 Å². The quantitative estimate of drug-likeness (QED) is 0.621. The van der Waals surface area contributed by atoms with Crippen LogP contribution in [0.2, 0.25) is 0 Å². The van der Waals surface area contributed by atoms with Crippen LogP contribution in [0.15, 0.2) is 46.9 Å². The van der Waals surface area contributed by atoms with E-state index < -0.39 is 5.82 Å². The summed E-state index contributed by atoms with van der Waals surface area (Å²) in [4.78, 5) is 12.2. The Morgan fingerprint density at radius 2 is 2.00 bits per heavy atom. The standard InChI is InChI=1S/C19H19BrFNO2S/c1-3-12(2)24-18(25)10-14-9-17(16(21)11-15(14)20)22-19(23)13-7-5-4-6-8-13/h4-9,11-12H,3,10H2,1-2H3,(H,22,23). The van der Waals surface area contributed by atoms with Gasteiger partial charge < -0.3 is 10.1 Å². The van der Waals surface area contributed by atoms with E-state index in [1.54, 1.807) is 30.3 Å². The molecule has 0 saturated carbocycles. The molecule has 1 atom stereocenters. The molecule has 2 rings (SSSR count). The number of thiocarbonyl (C=S) groups is 1. The van der Waals surface area contributed by atoms with E-state index >= 15 is 0 Å². The van der Waals surface area contributed by atoms with Crippen molar-refractivity contribution in [3.05, 3.63) is 63.9 Å². The largest absolute Gasteiger partial charge is 0.484 e. The average Bonchev–Trinajstić information content (AvgIpc) is 2.59. The number of benzene rings is 2. The van der Waals surface area contributed by atoms with Gasteiger partial charge in [-0.1, -0.05) is 41.1 Å². The molecular formula is C19H19BrFNO2S. The SMILES string of the molecule is CCC(C)OC(=S)Cc1cc(NC(=O)c2ccccc2)c(F)cc1Br. The van der Waals surface area contributed by atoms with E-state index in [4.69, 9.17) is 17.0 Å². The van der Waals surface area contributed by atoms with Gasteiger partial charge in [-0.15, -0.1) is 0 Å². The summed E-state index contributed by atoms with van der Waals surface area (Å²) in [7, 11) is 0. The Morgan fingerprint density at radius 3 is 2.64 bits per heavy atom. The molecule has 2 aromatic carbocycles. The topological polar surface area (TPSA) is 38.3 Å². The predicted octanol–water partition coefficient (Wildman–Crippen LogP) is 5.53. The molecule has 3 nitrogen and oxygen atoms in total. The zero-order chi connectivity index (χ0) is 18.4. The molecule has 0 aliphatic carbocycles. The minimum absolute atomic E-state index is 0.0315. The highest BCUT2D eigenvalue weighted by Gasteiger charge is 2.14. The van der Waals surface area contributed by atoms with Crippen LogP contribution >= 0.6 is 28.1 Å². The van der Waals surface area contributed by atoms with Crippen LogP contribution in [0, 0.1) is 5.82 Å². The number of nitrogens with one attached hydrogen (secondary N) is 1. The van der Waals surface area contributed by atoms with Gasteiger partial charge in [-0.05, 0) is 55.4 Å². The Morgan fingerprint density at radius 1 is 1.32 bits per heavy atom. The van der Waals surface area contributed by atoms with Crippen molar-refractivity contribution in [3.63, 3.8) is 0 Å². The first-order valence-corrected chi connectivity index (χ1v) is 9.14. The van der Waals surface area contributed by atoms with Crippen molar-refractivity contribution < 1.29 is 13.9 Å². The molecule has 2 aromatic rings. The van der Waals surface area contributed by atoms with Crippen LogP contribution in [-0.2, 0) is 11.2 Å². The second kappa shape index (κ2) is 9.06. The van der Waals surface area contributed by atoms with Crippen molar-refractivity contribution in [2.24, 2.45) is 0 Å². The number of hydrogen-bond acceptors (Lipinski definition) is 3. The monoisotopic (exact) mass is 423 g/mol. The first-order chi connectivity index (χ1) is 11.9. The lowest BCUT2D eigenvalue weighted by molar-refractivity contribution is 0.102. The van der Waals surface area contributed by atoms with Crippen LogP contribution in [0.3, 0.4) is 0 Å². The maximum absolute atomic E-state index is 14.2. The first kappa shape index (κ1) is 19.5. The zero-order valence-electron chi connectivity index (χ0n) is 14.0. The Kier molecular flexibility index (Phi) is 7.08. The summed E-state index contributed by atoms with van der Waals surface area (Å²) in [6.45, 7) is 3.95. The molecule has 1 unspecified atom stereocenters. The van der Waals surface area contributed by atoms with Crippen LogP contribution in [-0.4, -0.2) is 17.1 Å². The molecule has 0 saturated heterocycles. The number of hydrogen-bond donors (Lipinski definition) is 1. The van der Waals surface area contributed by atoms with Gasteiger partial charge in [0.1, 0.15) is 5.82 Å². The molecule has 25 heavy (non-hydrogen) atoms. The first-order valence-electron chi connectivity index (χ1n) is 7.94. The zero-order valence-corrected chi connectivity index (χ0v) is 16.4. The summed E-state index contributed by atoms with van der Waals surface area (Å²) in [5, 5.41) is 3.03. The highest BCUT2D eigenvalue weighted by Crippen LogP contribution is 2.26. The van der Waals surface area contributed by atoms with Gasteiger partial charge in [0.05, 0.1) is 11.8 Å². The molecule has 132 valence electrons. The summed E-state index contributed by atoms with van der Waals surface area (Å²) in [5.74, 6) is -0.889. The average molecular weight is 424 g/mol. The van der Waals surface area contributed by atoms with Crippen LogP contribution in [0.1, 0.15) is 36.2 Å². The third-order valence-corrected chi connectivity index (χ3v) is 4.64. The third kappa shape index (κ3) is 5.61. The summed E-state index contributed by atoms with van der Waals surface area (Å²) in [6.07, 6.45) is 1.24. The van der Waals surface area contributed by atoms with Crippen LogP contribution in [0.5, 0.6) is 0 Å². The summed E-state index contributed by atoms with van der Waals surface area (Å²) in [6, 6.07) is 11.6. The molecule has 0 aliphatic heterocycles. The number of anilines is 1. The van der Waals surface area contributed by atoms with Gasteiger partial charge in [-0.25, -0.2) is 4.39 Å². The maximum atomic E-state index is 14.2. The normalized spacial score (nSPS) is 11.7. The minimum Gasteiger partial charge on any atom is -0.484 e. The van der Waals surface area contributed by atoms with Crippen molar-refractivity contribution in [3.8, 4) is 0 Å². The molecule has 6 heteroatoms. The van der Waals surface area contributed by atoms with Crippen LogP contribution in [0.4, 0.5) is 10.1 Å². The number of carbonyl (C=O) groups excluding carboxylic acids is 1. The predicted molar refractivity (Wildman–Crippen MR) is 106 cm³/mol. The fourth-order valence-electron chi connectivity index (χ4n) is 2.11. The highest BCUT2D eigenvalue weighted by atomic mass is 79.9. The third-order valence-electron chi connectivity index (χ3n) is 3.66. The van der Waals surface area contributed by atoms with E-state index in [0.29, 0.717) is 21.5 Å². The van der Waals surface area contributed by atoms with E-state index in [-0.39, 0.29) is 17.7 Å². The second-order valence-electron chi connectivity index (χ2n) is 5.63. The lowest BCUT2D eigenvalue weighted by Crippen LogP contribution is -2.16. The second-order valence-corrected chi connectivity index (χ2v) is 6.94. The van der Waals surface area contributed by atoms with E-state index in [0.717, 1.165) is 12.0 Å². The number of carbonyl (C=O) groups is 1. The molecular weight excluding hydrogens is 405 g/mol. The molecule has 0 fully saturated rings. The number of ether oxygens (including phenoxy) is 1. The molecule has 0 heterocycles. The van der Waals surface area contributed by atoms with Crippen molar-refractivity contribution >= 4 is 44.8 Å². The van der Waals surface area contributed by atoms with Crippen molar-refractivity contribution in [2.45, 2.75) is 32.8 Å². The number of halogens is 2. The van der Waals surface area contributed by atoms with Gasteiger partial charge in [0.25, 0.3) is 5.91 Å². The Hall–Kier alpha value is -1.79. The number of rotatable bonds is 6. The van der Waals surface area contributed by atoms with Gasteiger partial charge in [0.15, 0.2) is 5.05 Å². The summed E-state index contributed by atoms with van der Waals surface area (Å²) < 4.78 is 20.4. The molecule has 0 aliphatic rings. The Balaban J connectivity index is 2.17. The fraction of sp³-hybridized carbons (Fsp3) is 0.263. The Bertz CT molecular complexity index is 768. The lowest BCUT2D eigenvalue weighted by Gasteiger charge is -2.15. The molecule has 1 N–H and O–H groups in total. The fourth-order valence-corrected chi connectivity index (χ4v) is 2.89. The summed E-state index contributed by atoms with van der Waals surface area (Å²) in [5.41, 5.74) is 1.32. The van der Waals surface area contributed by atoms with E-state index in [2.05, 4.69) is 21.2 Å².